The zero-order valence-corrected chi connectivity index (χ0v) is 18.1. The Morgan fingerprint density at radius 1 is 0.938 bits per heavy atom. The molecule has 1 aromatic heterocycles. The Bertz CT molecular complexity index is 1150. The van der Waals surface area contributed by atoms with E-state index in [2.05, 4.69) is 27.6 Å². The van der Waals surface area contributed by atoms with Crippen molar-refractivity contribution < 1.29 is 14.1 Å². The van der Waals surface area contributed by atoms with E-state index >= 15 is 0 Å². The summed E-state index contributed by atoms with van der Waals surface area (Å²) in [5, 5.41) is 7.06. The molecule has 4 aromatic rings. The monoisotopic (exact) mass is 427 g/mol. The van der Waals surface area contributed by atoms with Gasteiger partial charge in [-0.15, -0.1) is 0 Å². The number of hydrogen-bond donors (Lipinski definition) is 1. The van der Waals surface area contributed by atoms with Crippen LogP contribution in [-0.2, 0) is 11.2 Å². The molecular weight excluding hydrogens is 402 g/mol. The molecule has 0 spiro atoms. The number of amides is 1. The Kier molecular flexibility index (Phi) is 6.60. The maximum absolute atomic E-state index is 12.3. The van der Waals surface area contributed by atoms with Crippen molar-refractivity contribution in [3.8, 4) is 28.3 Å². The summed E-state index contributed by atoms with van der Waals surface area (Å²) in [6.07, 6.45) is 0.658. The lowest BCUT2D eigenvalue weighted by Gasteiger charge is -2.14. The van der Waals surface area contributed by atoms with Crippen molar-refractivity contribution in [1.29, 1.82) is 0 Å². The van der Waals surface area contributed by atoms with E-state index in [1.54, 1.807) is 7.11 Å². The Labute approximate surface area is 187 Å². The number of benzene rings is 3. The number of nitrogens with one attached hydrogen (secondary N) is 1. The summed E-state index contributed by atoms with van der Waals surface area (Å²) < 4.78 is 10.5. The SMILES string of the molecule is COc1ccc([C@H](C)NC(=O)CCc2nc(-c3ccc(-c4ccccc4)cc3)no2)cc1. The number of aryl methyl sites for hydroxylation is 1. The van der Waals surface area contributed by atoms with Crippen LogP contribution in [0.3, 0.4) is 0 Å². The van der Waals surface area contributed by atoms with Gasteiger partial charge in [0.15, 0.2) is 0 Å². The minimum atomic E-state index is -0.102. The molecule has 0 aliphatic rings. The lowest BCUT2D eigenvalue weighted by molar-refractivity contribution is -0.121. The van der Waals surface area contributed by atoms with Gasteiger partial charge in [0.2, 0.25) is 17.6 Å². The highest BCUT2D eigenvalue weighted by Gasteiger charge is 2.13. The number of carbonyl (C=O) groups is 1. The third kappa shape index (κ3) is 5.21. The van der Waals surface area contributed by atoms with Crippen LogP contribution in [0.4, 0.5) is 0 Å². The second-order valence-electron chi connectivity index (χ2n) is 7.52. The van der Waals surface area contributed by atoms with Crippen molar-refractivity contribution in [3.63, 3.8) is 0 Å². The highest BCUT2D eigenvalue weighted by molar-refractivity contribution is 5.76. The number of rotatable bonds is 8. The third-order valence-electron chi connectivity index (χ3n) is 5.28. The lowest BCUT2D eigenvalue weighted by atomic mass is 10.0. The Morgan fingerprint density at radius 2 is 1.59 bits per heavy atom. The van der Waals surface area contributed by atoms with Gasteiger partial charge in [0.25, 0.3) is 0 Å². The van der Waals surface area contributed by atoms with Gasteiger partial charge in [-0.25, -0.2) is 0 Å². The van der Waals surface area contributed by atoms with Crippen molar-refractivity contribution in [2.75, 3.05) is 7.11 Å². The van der Waals surface area contributed by atoms with E-state index in [0.29, 0.717) is 18.1 Å². The molecule has 0 aliphatic carbocycles. The van der Waals surface area contributed by atoms with E-state index < -0.39 is 0 Å². The summed E-state index contributed by atoms with van der Waals surface area (Å²) >= 11 is 0. The highest BCUT2D eigenvalue weighted by Crippen LogP contribution is 2.23. The molecule has 0 aliphatic heterocycles. The molecule has 162 valence electrons. The van der Waals surface area contributed by atoms with E-state index in [1.165, 1.54) is 0 Å². The van der Waals surface area contributed by atoms with Crippen molar-refractivity contribution >= 4 is 5.91 Å². The van der Waals surface area contributed by atoms with Gasteiger partial charge in [-0.2, -0.15) is 4.98 Å². The highest BCUT2D eigenvalue weighted by atomic mass is 16.5. The van der Waals surface area contributed by atoms with Crippen molar-refractivity contribution in [3.05, 3.63) is 90.3 Å². The Balaban J connectivity index is 1.31. The third-order valence-corrected chi connectivity index (χ3v) is 5.28. The molecule has 0 bridgehead atoms. The van der Waals surface area contributed by atoms with Crippen LogP contribution in [0.25, 0.3) is 22.5 Å². The molecule has 1 heterocycles. The van der Waals surface area contributed by atoms with Gasteiger partial charge in [0.05, 0.1) is 13.2 Å². The summed E-state index contributed by atoms with van der Waals surface area (Å²) in [5.74, 6) is 1.68. The number of carbonyl (C=O) groups excluding carboxylic acids is 1. The van der Waals surface area contributed by atoms with E-state index in [-0.39, 0.29) is 18.4 Å². The molecule has 1 atom stereocenters. The van der Waals surface area contributed by atoms with Gasteiger partial charge in [-0.05, 0) is 35.7 Å². The fraction of sp³-hybridized carbons (Fsp3) is 0.192. The molecule has 0 fully saturated rings. The molecule has 3 aromatic carbocycles. The molecule has 6 heteroatoms. The summed E-state index contributed by atoms with van der Waals surface area (Å²) in [6.45, 7) is 1.95. The second kappa shape index (κ2) is 9.92. The van der Waals surface area contributed by atoms with Crippen LogP contribution in [0.2, 0.25) is 0 Å². The lowest BCUT2D eigenvalue weighted by Crippen LogP contribution is -2.26. The first-order valence-corrected chi connectivity index (χ1v) is 10.5. The predicted molar refractivity (Wildman–Crippen MR) is 123 cm³/mol. The van der Waals surface area contributed by atoms with Crippen LogP contribution in [0.5, 0.6) is 5.75 Å². The molecule has 0 radical (unpaired) electrons. The first kappa shape index (κ1) is 21.3. The van der Waals surface area contributed by atoms with E-state index in [0.717, 1.165) is 28.0 Å². The van der Waals surface area contributed by atoms with Crippen molar-refractivity contribution in [1.82, 2.24) is 15.5 Å². The maximum Gasteiger partial charge on any atom is 0.227 e. The molecule has 0 saturated carbocycles. The topological polar surface area (TPSA) is 77.2 Å². The van der Waals surface area contributed by atoms with Crippen LogP contribution < -0.4 is 10.1 Å². The quantitative estimate of drug-likeness (QED) is 0.417. The molecule has 32 heavy (non-hydrogen) atoms. The minimum absolute atomic E-state index is 0.0692. The summed E-state index contributed by atoms with van der Waals surface area (Å²) in [6, 6.07) is 25.7. The van der Waals surface area contributed by atoms with Gasteiger partial charge in [0, 0.05) is 18.4 Å². The fourth-order valence-corrected chi connectivity index (χ4v) is 3.43. The number of methoxy groups -OCH3 is 1. The van der Waals surface area contributed by atoms with E-state index in [1.807, 2.05) is 73.7 Å². The number of hydrogen-bond acceptors (Lipinski definition) is 5. The van der Waals surface area contributed by atoms with Crippen molar-refractivity contribution in [2.45, 2.75) is 25.8 Å². The average Bonchev–Trinajstić information content (AvgIpc) is 3.32. The van der Waals surface area contributed by atoms with Crippen LogP contribution >= 0.6 is 0 Å². The normalized spacial score (nSPS) is 11.7. The molecule has 1 amide bonds. The second-order valence-corrected chi connectivity index (χ2v) is 7.52. The van der Waals surface area contributed by atoms with Gasteiger partial charge in [-0.1, -0.05) is 71.9 Å². The molecule has 0 unspecified atom stereocenters. The average molecular weight is 428 g/mol. The first-order valence-electron chi connectivity index (χ1n) is 10.5. The fourth-order valence-electron chi connectivity index (χ4n) is 3.43. The summed E-state index contributed by atoms with van der Waals surface area (Å²) in [7, 11) is 1.63. The smallest absolute Gasteiger partial charge is 0.227 e. The summed E-state index contributed by atoms with van der Waals surface area (Å²) in [4.78, 5) is 16.8. The molecule has 4 rings (SSSR count). The van der Waals surface area contributed by atoms with Gasteiger partial charge >= 0.3 is 0 Å². The van der Waals surface area contributed by atoms with Crippen LogP contribution in [-0.4, -0.2) is 23.2 Å². The number of aromatic nitrogens is 2. The Morgan fingerprint density at radius 3 is 2.28 bits per heavy atom. The maximum atomic E-state index is 12.3. The van der Waals surface area contributed by atoms with Crippen LogP contribution in [0.15, 0.2) is 83.4 Å². The number of nitrogens with zero attached hydrogens (tertiary/aromatic N) is 2. The molecule has 6 nitrogen and oxygen atoms in total. The summed E-state index contributed by atoms with van der Waals surface area (Å²) in [5.41, 5.74) is 4.17. The van der Waals surface area contributed by atoms with Gasteiger partial charge < -0.3 is 14.6 Å². The molecular formula is C26H25N3O3. The first-order chi connectivity index (χ1) is 15.6. The van der Waals surface area contributed by atoms with Gasteiger partial charge in [0.1, 0.15) is 5.75 Å². The standard InChI is InChI=1S/C26H25N3O3/c1-18(19-12-14-23(31-2)15-13-19)27-24(30)16-17-25-28-26(29-32-25)22-10-8-21(9-11-22)20-6-4-3-5-7-20/h3-15,18H,16-17H2,1-2H3,(H,27,30)/t18-/m0/s1. The predicted octanol–water partition coefficient (Wildman–Crippen LogP) is 5.22. The van der Waals surface area contributed by atoms with Crippen molar-refractivity contribution in [2.24, 2.45) is 0 Å². The zero-order chi connectivity index (χ0) is 22.3. The van der Waals surface area contributed by atoms with Crippen LogP contribution in [0, 0.1) is 0 Å². The number of ether oxygens (including phenoxy) is 1. The van der Waals surface area contributed by atoms with E-state index in [4.69, 9.17) is 9.26 Å². The molecule has 0 saturated heterocycles. The largest absolute Gasteiger partial charge is 0.497 e. The Hall–Kier alpha value is -3.93. The van der Waals surface area contributed by atoms with Crippen LogP contribution in [0.1, 0.15) is 30.8 Å². The van der Waals surface area contributed by atoms with E-state index in [9.17, 15) is 4.79 Å². The minimum Gasteiger partial charge on any atom is -0.497 e. The zero-order valence-electron chi connectivity index (χ0n) is 18.1. The van der Waals surface area contributed by atoms with Gasteiger partial charge in [-0.3, -0.25) is 4.79 Å². The molecule has 1 N–H and O–H groups in total.